The first-order valence-electron chi connectivity index (χ1n) is 3.28. The molecule has 0 aliphatic rings. The molecular formula is C8H8F3IO. The molecule has 1 aromatic carbocycles. The summed E-state index contributed by atoms with van der Waals surface area (Å²) in [4.78, 5) is 0. The predicted molar refractivity (Wildman–Crippen MR) is 52.8 cm³/mol. The van der Waals surface area contributed by atoms with Gasteiger partial charge in [0.15, 0.2) is 0 Å². The van der Waals surface area contributed by atoms with Crippen molar-refractivity contribution in [3.05, 3.63) is 27.8 Å². The highest BCUT2D eigenvalue weighted by Crippen LogP contribution is 2.11. The molecule has 0 bridgehead atoms. The quantitative estimate of drug-likeness (QED) is 0.722. The summed E-state index contributed by atoms with van der Waals surface area (Å²) in [6, 6.07) is 7.92. The second-order valence-corrected chi connectivity index (χ2v) is 3.15. The average Bonchev–Trinajstić information content (AvgIpc) is 2.05. The molecule has 0 unspecified atom stereocenters. The summed E-state index contributed by atoms with van der Waals surface area (Å²) in [7, 11) is 1.67. The zero-order valence-corrected chi connectivity index (χ0v) is 8.96. The number of ether oxygens (including phenoxy) is 1. The van der Waals surface area contributed by atoms with Gasteiger partial charge in [-0.1, -0.05) is 0 Å². The molecule has 0 saturated carbocycles. The van der Waals surface area contributed by atoms with Crippen molar-refractivity contribution in [2.75, 3.05) is 7.11 Å². The first-order valence-corrected chi connectivity index (χ1v) is 4.36. The molecule has 0 aromatic heterocycles. The SMILES string of the molecule is COc1ccc(I)cc1.FC(F)F. The Kier molecular flexibility index (Phi) is 6.75. The molecule has 0 saturated heterocycles. The van der Waals surface area contributed by atoms with Gasteiger partial charge in [-0.25, -0.2) is 0 Å². The van der Waals surface area contributed by atoms with Crippen molar-refractivity contribution in [2.45, 2.75) is 6.68 Å². The third-order valence-corrected chi connectivity index (χ3v) is 1.77. The molecule has 74 valence electrons. The van der Waals surface area contributed by atoms with Gasteiger partial charge >= 0.3 is 6.68 Å². The van der Waals surface area contributed by atoms with Crippen LogP contribution in [0.2, 0.25) is 0 Å². The zero-order chi connectivity index (χ0) is 10.3. The Labute approximate surface area is 88.0 Å². The summed E-state index contributed by atoms with van der Waals surface area (Å²) >= 11 is 2.26. The lowest BCUT2D eigenvalue weighted by Gasteiger charge is -1.96. The van der Waals surface area contributed by atoms with Gasteiger partial charge in [0, 0.05) is 3.57 Å². The van der Waals surface area contributed by atoms with Crippen LogP contribution >= 0.6 is 22.6 Å². The zero-order valence-electron chi connectivity index (χ0n) is 6.81. The van der Waals surface area contributed by atoms with Gasteiger partial charge in [0.2, 0.25) is 0 Å². The second-order valence-electron chi connectivity index (χ2n) is 1.91. The van der Waals surface area contributed by atoms with E-state index in [1.807, 2.05) is 24.3 Å². The molecule has 13 heavy (non-hydrogen) atoms. The maximum Gasteiger partial charge on any atom is 0.379 e. The van der Waals surface area contributed by atoms with Crippen LogP contribution in [-0.2, 0) is 0 Å². The van der Waals surface area contributed by atoms with Gasteiger partial charge in [-0.05, 0) is 46.9 Å². The molecule has 0 aliphatic heterocycles. The van der Waals surface area contributed by atoms with Crippen LogP contribution in [0.4, 0.5) is 13.2 Å². The van der Waals surface area contributed by atoms with Crippen LogP contribution in [0, 0.1) is 3.57 Å². The molecule has 1 aromatic rings. The maximum absolute atomic E-state index is 9.67. The Morgan fingerprint density at radius 3 is 1.85 bits per heavy atom. The molecule has 0 atom stereocenters. The van der Waals surface area contributed by atoms with Crippen molar-refractivity contribution >= 4 is 22.6 Å². The first-order chi connectivity index (χ1) is 6.06. The molecule has 0 spiro atoms. The highest BCUT2D eigenvalue weighted by atomic mass is 127. The molecule has 0 aliphatic carbocycles. The van der Waals surface area contributed by atoms with Crippen molar-refractivity contribution in [3.8, 4) is 5.75 Å². The van der Waals surface area contributed by atoms with Crippen LogP contribution in [0.15, 0.2) is 24.3 Å². The normalized spacial score (nSPS) is 9.08. The topological polar surface area (TPSA) is 9.23 Å². The second kappa shape index (κ2) is 6.99. The molecule has 0 radical (unpaired) electrons. The Bertz CT molecular complexity index is 223. The van der Waals surface area contributed by atoms with Crippen molar-refractivity contribution < 1.29 is 17.9 Å². The third kappa shape index (κ3) is 7.89. The largest absolute Gasteiger partial charge is 0.497 e. The molecule has 1 nitrogen and oxygen atoms in total. The van der Waals surface area contributed by atoms with Gasteiger partial charge in [0.1, 0.15) is 5.75 Å². The number of hydrogen-bond acceptors (Lipinski definition) is 1. The number of methoxy groups -OCH3 is 1. The van der Waals surface area contributed by atoms with Crippen LogP contribution in [0.25, 0.3) is 0 Å². The third-order valence-electron chi connectivity index (χ3n) is 1.05. The van der Waals surface area contributed by atoms with E-state index < -0.39 is 6.68 Å². The maximum atomic E-state index is 9.67. The molecule has 5 heteroatoms. The highest BCUT2D eigenvalue weighted by molar-refractivity contribution is 14.1. The van der Waals surface area contributed by atoms with E-state index in [0.29, 0.717) is 0 Å². The Hall–Kier alpha value is -0.460. The average molecular weight is 304 g/mol. The van der Waals surface area contributed by atoms with Crippen molar-refractivity contribution in [2.24, 2.45) is 0 Å². The van der Waals surface area contributed by atoms with Gasteiger partial charge in [0.05, 0.1) is 7.11 Å². The number of alkyl halides is 3. The van der Waals surface area contributed by atoms with Gasteiger partial charge < -0.3 is 4.74 Å². The van der Waals surface area contributed by atoms with Crippen LogP contribution in [0.1, 0.15) is 0 Å². The Balaban J connectivity index is 0.000000310. The smallest absolute Gasteiger partial charge is 0.379 e. The lowest BCUT2D eigenvalue weighted by Crippen LogP contribution is -1.80. The summed E-state index contributed by atoms with van der Waals surface area (Å²) in [6.45, 7) is -3.67. The summed E-state index contributed by atoms with van der Waals surface area (Å²) in [5.74, 6) is 0.912. The molecule has 0 heterocycles. The summed E-state index contributed by atoms with van der Waals surface area (Å²) in [5.41, 5.74) is 0. The van der Waals surface area contributed by atoms with Crippen LogP contribution in [0.5, 0.6) is 5.75 Å². The van der Waals surface area contributed by atoms with Crippen molar-refractivity contribution in [3.63, 3.8) is 0 Å². The van der Waals surface area contributed by atoms with Crippen LogP contribution in [-0.4, -0.2) is 13.8 Å². The minimum atomic E-state index is -3.67. The summed E-state index contributed by atoms with van der Waals surface area (Å²) in [6.07, 6.45) is 0. The first kappa shape index (κ1) is 12.5. The standard InChI is InChI=1S/C7H7IO.CHF3/c1-9-7-4-2-6(8)3-5-7;2-1(3)4/h2-5H,1H3;1H. The fraction of sp³-hybridized carbons (Fsp3) is 0.250. The van der Waals surface area contributed by atoms with E-state index in [2.05, 4.69) is 22.6 Å². The fourth-order valence-corrected chi connectivity index (χ4v) is 0.930. The lowest BCUT2D eigenvalue weighted by molar-refractivity contribution is 0.00819. The van der Waals surface area contributed by atoms with E-state index in [1.165, 1.54) is 3.57 Å². The molecule has 1 rings (SSSR count). The number of rotatable bonds is 1. The highest BCUT2D eigenvalue weighted by Gasteiger charge is 1.87. The molecule has 0 amide bonds. The van der Waals surface area contributed by atoms with E-state index in [4.69, 9.17) is 4.74 Å². The van der Waals surface area contributed by atoms with E-state index in [-0.39, 0.29) is 0 Å². The number of hydrogen-bond donors (Lipinski definition) is 0. The van der Waals surface area contributed by atoms with E-state index in [1.54, 1.807) is 7.11 Å². The van der Waals surface area contributed by atoms with Crippen molar-refractivity contribution in [1.82, 2.24) is 0 Å². The number of benzene rings is 1. The molecule has 0 fully saturated rings. The Morgan fingerprint density at radius 1 is 1.15 bits per heavy atom. The lowest BCUT2D eigenvalue weighted by atomic mass is 10.3. The van der Waals surface area contributed by atoms with Gasteiger partial charge in [-0.2, -0.15) is 13.2 Å². The van der Waals surface area contributed by atoms with Gasteiger partial charge in [-0.15, -0.1) is 0 Å². The van der Waals surface area contributed by atoms with E-state index in [9.17, 15) is 13.2 Å². The van der Waals surface area contributed by atoms with Crippen LogP contribution in [0.3, 0.4) is 0 Å². The predicted octanol–water partition coefficient (Wildman–Crippen LogP) is 3.48. The summed E-state index contributed by atoms with van der Waals surface area (Å²) < 4.78 is 35.2. The van der Waals surface area contributed by atoms with Gasteiger partial charge in [-0.3, -0.25) is 0 Å². The van der Waals surface area contributed by atoms with Crippen molar-refractivity contribution in [1.29, 1.82) is 0 Å². The number of halogens is 4. The molecular weight excluding hydrogens is 296 g/mol. The monoisotopic (exact) mass is 304 g/mol. The van der Waals surface area contributed by atoms with E-state index in [0.717, 1.165) is 5.75 Å². The Morgan fingerprint density at radius 2 is 1.54 bits per heavy atom. The molecule has 0 N–H and O–H groups in total. The minimum Gasteiger partial charge on any atom is -0.497 e. The summed E-state index contributed by atoms with van der Waals surface area (Å²) in [5, 5.41) is 0. The van der Waals surface area contributed by atoms with Crippen LogP contribution < -0.4 is 4.74 Å². The van der Waals surface area contributed by atoms with E-state index >= 15 is 0 Å². The fourth-order valence-electron chi connectivity index (χ4n) is 0.571. The minimum absolute atomic E-state index is 0.912. The van der Waals surface area contributed by atoms with Gasteiger partial charge in [0.25, 0.3) is 0 Å².